The maximum atomic E-state index is 11.0. The monoisotopic (exact) mass is 242 g/mol. The first-order chi connectivity index (χ1) is 8.74. The zero-order valence-corrected chi connectivity index (χ0v) is 9.91. The second-order valence-corrected chi connectivity index (χ2v) is 4.63. The van der Waals surface area contributed by atoms with E-state index in [1.807, 2.05) is 41.1 Å². The summed E-state index contributed by atoms with van der Waals surface area (Å²) < 4.78 is 1.98. The maximum Gasteiger partial charge on any atom is 0.308 e. The molecule has 0 fully saturated rings. The molecule has 1 atom stereocenters. The van der Waals surface area contributed by atoms with Crippen LogP contribution in [-0.2, 0) is 17.8 Å². The summed E-state index contributed by atoms with van der Waals surface area (Å²) in [5.74, 6) is -0.00251. The number of carboxylic acid groups (broad SMARTS) is 1. The lowest BCUT2D eigenvalue weighted by molar-refractivity contribution is -0.142. The summed E-state index contributed by atoms with van der Waals surface area (Å²) in [7, 11) is 0. The van der Waals surface area contributed by atoms with E-state index in [2.05, 4.69) is 4.98 Å². The Hall–Kier alpha value is -2.10. The summed E-state index contributed by atoms with van der Waals surface area (Å²) in [4.78, 5) is 15.6. The largest absolute Gasteiger partial charge is 0.481 e. The van der Waals surface area contributed by atoms with Gasteiger partial charge in [0, 0.05) is 24.7 Å². The lowest BCUT2D eigenvalue weighted by Gasteiger charge is -2.19. The van der Waals surface area contributed by atoms with Gasteiger partial charge in [-0.25, -0.2) is 4.98 Å². The highest BCUT2D eigenvalue weighted by atomic mass is 16.4. The molecule has 4 nitrogen and oxygen atoms in total. The number of rotatable bonds is 2. The number of carbonyl (C=O) groups is 1. The molecule has 0 saturated carbocycles. The standard InChI is InChI=1S/C14H14N2O2/c17-14(18)11-6-7-13-15-12(9-16(13)8-11)10-4-2-1-3-5-10/h1-5,9,11H,6-8H2,(H,17,18). The highest BCUT2D eigenvalue weighted by Crippen LogP contribution is 2.24. The number of imidazole rings is 1. The summed E-state index contributed by atoms with van der Waals surface area (Å²) >= 11 is 0. The Balaban J connectivity index is 1.92. The molecule has 1 aromatic carbocycles. The third-order valence-corrected chi connectivity index (χ3v) is 3.41. The SMILES string of the molecule is O=C(O)C1CCc2nc(-c3ccccc3)cn2C1. The molecule has 0 saturated heterocycles. The van der Waals surface area contributed by atoms with Gasteiger partial charge in [0.2, 0.25) is 0 Å². The molecule has 0 spiro atoms. The molecule has 0 bridgehead atoms. The topological polar surface area (TPSA) is 55.1 Å². The van der Waals surface area contributed by atoms with Crippen LogP contribution in [-0.4, -0.2) is 20.6 Å². The number of aromatic nitrogens is 2. The zero-order chi connectivity index (χ0) is 12.5. The first-order valence-electron chi connectivity index (χ1n) is 6.08. The van der Waals surface area contributed by atoms with Crippen LogP contribution in [0.3, 0.4) is 0 Å². The molecule has 92 valence electrons. The van der Waals surface area contributed by atoms with Crippen LogP contribution in [0.2, 0.25) is 0 Å². The normalized spacial score (nSPS) is 18.3. The molecule has 0 amide bonds. The van der Waals surface area contributed by atoms with E-state index < -0.39 is 5.97 Å². The van der Waals surface area contributed by atoms with E-state index in [1.54, 1.807) is 0 Å². The second kappa shape index (κ2) is 4.29. The highest BCUT2D eigenvalue weighted by Gasteiger charge is 2.25. The van der Waals surface area contributed by atoms with Gasteiger partial charge in [-0.15, -0.1) is 0 Å². The van der Waals surface area contributed by atoms with Gasteiger partial charge in [0.05, 0.1) is 11.6 Å². The number of aryl methyl sites for hydroxylation is 1. The number of benzene rings is 1. The van der Waals surface area contributed by atoms with Crippen LogP contribution in [0, 0.1) is 5.92 Å². The Labute approximate surface area is 105 Å². The Kier molecular flexibility index (Phi) is 2.63. The first kappa shape index (κ1) is 11.0. The van der Waals surface area contributed by atoms with Gasteiger partial charge in [-0.2, -0.15) is 0 Å². The average molecular weight is 242 g/mol. The number of hydrogen-bond acceptors (Lipinski definition) is 2. The van der Waals surface area contributed by atoms with Crippen molar-refractivity contribution in [3.05, 3.63) is 42.4 Å². The van der Waals surface area contributed by atoms with E-state index >= 15 is 0 Å². The highest BCUT2D eigenvalue weighted by molar-refractivity contribution is 5.70. The molecule has 0 aliphatic carbocycles. The molecular formula is C14H14N2O2. The molecule has 1 N–H and O–H groups in total. The molecule has 1 aliphatic rings. The van der Waals surface area contributed by atoms with Crippen molar-refractivity contribution >= 4 is 5.97 Å². The fraction of sp³-hybridized carbons (Fsp3) is 0.286. The van der Waals surface area contributed by atoms with E-state index in [1.165, 1.54) is 0 Å². The Morgan fingerprint density at radius 1 is 1.33 bits per heavy atom. The molecule has 2 aromatic rings. The van der Waals surface area contributed by atoms with Crippen molar-refractivity contribution in [2.75, 3.05) is 0 Å². The van der Waals surface area contributed by atoms with E-state index in [9.17, 15) is 4.79 Å². The van der Waals surface area contributed by atoms with Gasteiger partial charge in [0.25, 0.3) is 0 Å². The van der Waals surface area contributed by atoms with Crippen LogP contribution < -0.4 is 0 Å². The van der Waals surface area contributed by atoms with Gasteiger partial charge in [0.1, 0.15) is 5.82 Å². The van der Waals surface area contributed by atoms with Gasteiger partial charge >= 0.3 is 5.97 Å². The summed E-state index contributed by atoms with van der Waals surface area (Å²) in [6, 6.07) is 9.97. The molecule has 1 unspecified atom stereocenters. The van der Waals surface area contributed by atoms with Crippen LogP contribution in [0.4, 0.5) is 0 Å². The molecule has 0 radical (unpaired) electrons. The van der Waals surface area contributed by atoms with Gasteiger partial charge in [-0.05, 0) is 6.42 Å². The lowest BCUT2D eigenvalue weighted by Crippen LogP contribution is -2.26. The van der Waals surface area contributed by atoms with Crippen LogP contribution in [0.25, 0.3) is 11.3 Å². The van der Waals surface area contributed by atoms with Crippen molar-refractivity contribution in [3.63, 3.8) is 0 Å². The molecule has 1 aliphatic heterocycles. The van der Waals surface area contributed by atoms with Gasteiger partial charge in [-0.1, -0.05) is 30.3 Å². The zero-order valence-electron chi connectivity index (χ0n) is 9.91. The number of nitrogens with zero attached hydrogens (tertiary/aromatic N) is 2. The molecule has 3 rings (SSSR count). The third-order valence-electron chi connectivity index (χ3n) is 3.41. The van der Waals surface area contributed by atoms with Crippen molar-refractivity contribution in [2.24, 2.45) is 5.92 Å². The summed E-state index contributed by atoms with van der Waals surface area (Å²) in [5, 5.41) is 9.05. The molecule has 2 heterocycles. The Bertz CT molecular complexity index is 575. The second-order valence-electron chi connectivity index (χ2n) is 4.63. The van der Waals surface area contributed by atoms with Crippen LogP contribution in [0.5, 0.6) is 0 Å². The van der Waals surface area contributed by atoms with Crippen molar-refractivity contribution in [1.29, 1.82) is 0 Å². The minimum absolute atomic E-state index is 0.282. The van der Waals surface area contributed by atoms with E-state index in [0.29, 0.717) is 13.0 Å². The van der Waals surface area contributed by atoms with Crippen LogP contribution in [0.1, 0.15) is 12.2 Å². The Morgan fingerprint density at radius 3 is 2.83 bits per heavy atom. The fourth-order valence-electron chi connectivity index (χ4n) is 2.39. The predicted molar refractivity (Wildman–Crippen MR) is 67.1 cm³/mol. The summed E-state index contributed by atoms with van der Waals surface area (Å²) in [6.45, 7) is 0.532. The minimum atomic E-state index is -0.712. The van der Waals surface area contributed by atoms with Crippen LogP contribution >= 0.6 is 0 Å². The third kappa shape index (κ3) is 1.90. The van der Waals surface area contributed by atoms with Gasteiger partial charge in [-0.3, -0.25) is 4.79 Å². The van der Waals surface area contributed by atoms with E-state index in [-0.39, 0.29) is 5.92 Å². The average Bonchev–Trinajstić information content (AvgIpc) is 2.82. The van der Waals surface area contributed by atoms with Crippen molar-refractivity contribution in [2.45, 2.75) is 19.4 Å². The van der Waals surface area contributed by atoms with Crippen LogP contribution in [0.15, 0.2) is 36.5 Å². The molecule has 1 aromatic heterocycles. The number of fused-ring (bicyclic) bond motifs is 1. The first-order valence-corrected chi connectivity index (χ1v) is 6.08. The molecule has 4 heteroatoms. The minimum Gasteiger partial charge on any atom is -0.481 e. The number of hydrogen-bond donors (Lipinski definition) is 1. The predicted octanol–water partition coefficient (Wildman–Crippen LogP) is 2.20. The maximum absolute atomic E-state index is 11.0. The van der Waals surface area contributed by atoms with Gasteiger partial charge < -0.3 is 9.67 Å². The quantitative estimate of drug-likeness (QED) is 0.878. The van der Waals surface area contributed by atoms with E-state index in [0.717, 1.165) is 23.5 Å². The van der Waals surface area contributed by atoms with E-state index in [4.69, 9.17) is 5.11 Å². The van der Waals surface area contributed by atoms with Crippen molar-refractivity contribution in [3.8, 4) is 11.3 Å². The fourth-order valence-corrected chi connectivity index (χ4v) is 2.39. The van der Waals surface area contributed by atoms with Crippen molar-refractivity contribution in [1.82, 2.24) is 9.55 Å². The van der Waals surface area contributed by atoms with Crippen molar-refractivity contribution < 1.29 is 9.90 Å². The lowest BCUT2D eigenvalue weighted by atomic mass is 10.00. The Morgan fingerprint density at radius 2 is 2.11 bits per heavy atom. The summed E-state index contributed by atoms with van der Waals surface area (Å²) in [5.41, 5.74) is 2.00. The number of aliphatic carboxylic acids is 1. The summed E-state index contributed by atoms with van der Waals surface area (Å²) in [6.07, 6.45) is 3.38. The molecule has 18 heavy (non-hydrogen) atoms. The smallest absolute Gasteiger partial charge is 0.308 e. The van der Waals surface area contributed by atoms with Gasteiger partial charge in [0.15, 0.2) is 0 Å². The molecular weight excluding hydrogens is 228 g/mol. The number of carboxylic acids is 1.